The topological polar surface area (TPSA) is 28.5 Å². The first-order valence-electron chi connectivity index (χ1n) is 9.85. The average Bonchev–Trinajstić information content (AvgIpc) is 3.46. The molecule has 4 rings (SSSR count). The number of carbonyl (C=O) groups is 1. The van der Waals surface area contributed by atoms with Crippen LogP contribution in [0.3, 0.4) is 0 Å². The van der Waals surface area contributed by atoms with E-state index in [2.05, 4.69) is 64.4 Å². The Kier molecular flexibility index (Phi) is 5.99. The summed E-state index contributed by atoms with van der Waals surface area (Å²) in [5.74, 6) is 0.184. The first-order valence-corrected chi connectivity index (χ1v) is 11.6. The average molecular weight is 414 g/mol. The number of nitrogens with zero attached hydrogens (tertiary/aromatic N) is 3. The number of piperazine rings is 1. The number of carbonyl (C=O) groups excluding carboxylic acids is 1. The third-order valence-corrected chi connectivity index (χ3v) is 7.41. The largest absolute Gasteiger partial charge is 0.343 e. The maximum Gasteiger partial charge on any atom is 0.255 e. The van der Waals surface area contributed by atoms with Gasteiger partial charge >= 0.3 is 0 Å². The molecule has 28 heavy (non-hydrogen) atoms. The van der Waals surface area contributed by atoms with Gasteiger partial charge in [0.2, 0.25) is 0 Å². The Hall–Kier alpha value is -1.89. The summed E-state index contributed by atoms with van der Waals surface area (Å²) in [7, 11) is 0. The Morgan fingerprint density at radius 1 is 1.00 bits per heavy atom. The lowest BCUT2D eigenvalue weighted by molar-refractivity contribution is 0.0638. The van der Waals surface area contributed by atoms with E-state index >= 15 is 0 Å². The molecule has 3 aromatic heterocycles. The summed E-state index contributed by atoms with van der Waals surface area (Å²) in [5.41, 5.74) is 3.10. The molecule has 148 valence electrons. The summed E-state index contributed by atoms with van der Waals surface area (Å²) >= 11 is 3.59. The smallest absolute Gasteiger partial charge is 0.255 e. The molecule has 4 nitrogen and oxygen atoms in total. The van der Waals surface area contributed by atoms with Gasteiger partial charge in [0.1, 0.15) is 0 Å². The maximum absolute atomic E-state index is 13.1. The van der Waals surface area contributed by atoms with E-state index in [1.165, 1.54) is 9.75 Å². The second-order valence-corrected chi connectivity index (χ2v) is 9.48. The summed E-state index contributed by atoms with van der Waals surface area (Å²) in [6.07, 6.45) is 1.11. The number of hydrogen-bond acceptors (Lipinski definition) is 4. The Bertz CT molecular complexity index is 904. The molecular formula is C22H27N3OS2. The number of aromatic nitrogens is 1. The molecule has 6 heteroatoms. The molecule has 1 saturated heterocycles. The normalized spacial score (nSPS) is 15.3. The van der Waals surface area contributed by atoms with Gasteiger partial charge in [0.05, 0.1) is 12.1 Å². The van der Waals surface area contributed by atoms with Crippen LogP contribution in [-0.2, 0) is 13.0 Å². The number of thiophene rings is 2. The van der Waals surface area contributed by atoms with Crippen LogP contribution in [0.25, 0.3) is 0 Å². The van der Waals surface area contributed by atoms with Gasteiger partial charge in [-0.2, -0.15) is 0 Å². The van der Waals surface area contributed by atoms with Gasteiger partial charge in [0.25, 0.3) is 5.91 Å². The highest BCUT2D eigenvalue weighted by molar-refractivity contribution is 7.10. The molecule has 4 heterocycles. The van der Waals surface area contributed by atoms with E-state index in [0.29, 0.717) is 0 Å². The van der Waals surface area contributed by atoms with Gasteiger partial charge < -0.3 is 9.47 Å². The Labute approximate surface area is 175 Å². The fraction of sp³-hybridized carbons (Fsp3) is 0.409. The van der Waals surface area contributed by atoms with Crippen LogP contribution >= 0.6 is 22.7 Å². The van der Waals surface area contributed by atoms with Crippen LogP contribution in [-0.4, -0.2) is 53.0 Å². The van der Waals surface area contributed by atoms with Crippen LogP contribution < -0.4 is 0 Å². The molecule has 1 amide bonds. The van der Waals surface area contributed by atoms with E-state index in [9.17, 15) is 4.79 Å². The summed E-state index contributed by atoms with van der Waals surface area (Å²) in [4.78, 5) is 20.4. The second-order valence-electron chi connectivity index (χ2n) is 7.41. The molecule has 0 aliphatic carbocycles. The zero-order valence-corrected chi connectivity index (χ0v) is 18.2. The van der Waals surface area contributed by atoms with Gasteiger partial charge in [-0.05, 0) is 49.2 Å². The molecule has 0 radical (unpaired) electrons. The van der Waals surface area contributed by atoms with Gasteiger partial charge in [0.15, 0.2) is 0 Å². The molecule has 0 atom stereocenters. The van der Waals surface area contributed by atoms with Crippen molar-refractivity contribution in [3.63, 3.8) is 0 Å². The molecule has 1 aliphatic rings. The SMILES string of the molecule is Cc1cc(C(=O)N2CCN(CCc3cccs3)CC2)c(C)n1Cc1cccs1. The van der Waals surface area contributed by atoms with Crippen molar-refractivity contribution in [3.8, 4) is 0 Å². The summed E-state index contributed by atoms with van der Waals surface area (Å²) in [6.45, 7) is 9.66. The number of hydrogen-bond donors (Lipinski definition) is 0. The lowest BCUT2D eigenvalue weighted by atomic mass is 10.2. The Morgan fingerprint density at radius 2 is 1.68 bits per heavy atom. The Balaban J connectivity index is 1.36. The van der Waals surface area contributed by atoms with Crippen molar-refractivity contribution in [2.75, 3.05) is 32.7 Å². The lowest BCUT2D eigenvalue weighted by Gasteiger charge is -2.34. The second kappa shape index (κ2) is 8.64. The molecule has 0 spiro atoms. The van der Waals surface area contributed by atoms with Crippen molar-refractivity contribution < 1.29 is 4.79 Å². The fourth-order valence-electron chi connectivity index (χ4n) is 3.89. The molecule has 1 aliphatic heterocycles. The summed E-state index contributed by atoms with van der Waals surface area (Å²) in [5, 5.41) is 4.24. The third-order valence-electron chi connectivity index (χ3n) is 5.61. The van der Waals surface area contributed by atoms with Gasteiger partial charge in [-0.1, -0.05) is 12.1 Å². The molecule has 3 aromatic rings. The minimum absolute atomic E-state index is 0.184. The van der Waals surface area contributed by atoms with Crippen LogP contribution in [0.5, 0.6) is 0 Å². The van der Waals surface area contributed by atoms with E-state index in [1.54, 1.807) is 11.3 Å². The van der Waals surface area contributed by atoms with E-state index < -0.39 is 0 Å². The maximum atomic E-state index is 13.1. The molecule has 1 fully saturated rings. The zero-order chi connectivity index (χ0) is 19.5. The minimum atomic E-state index is 0.184. The highest BCUT2D eigenvalue weighted by Gasteiger charge is 2.25. The first-order chi connectivity index (χ1) is 13.6. The molecular weight excluding hydrogens is 386 g/mol. The van der Waals surface area contributed by atoms with Crippen molar-refractivity contribution in [1.29, 1.82) is 0 Å². The highest BCUT2D eigenvalue weighted by atomic mass is 32.1. The highest BCUT2D eigenvalue weighted by Crippen LogP contribution is 2.21. The van der Waals surface area contributed by atoms with Gasteiger partial charge in [0, 0.05) is 53.9 Å². The van der Waals surface area contributed by atoms with Gasteiger partial charge in [-0.15, -0.1) is 22.7 Å². The fourth-order valence-corrected chi connectivity index (χ4v) is 5.28. The standard InChI is InChI=1S/C22H27N3OS2/c1-17-15-21(18(2)25(17)16-20-6-4-14-28-20)22(26)24-11-9-23(10-12-24)8-7-19-5-3-13-27-19/h3-6,13-15H,7-12,16H2,1-2H3. The van der Waals surface area contributed by atoms with E-state index in [0.717, 1.165) is 62.6 Å². The number of amides is 1. The Morgan fingerprint density at radius 3 is 2.32 bits per heavy atom. The van der Waals surface area contributed by atoms with E-state index in [1.807, 2.05) is 16.2 Å². The molecule has 0 N–H and O–H groups in total. The molecule has 0 saturated carbocycles. The monoisotopic (exact) mass is 413 g/mol. The van der Waals surface area contributed by atoms with Crippen molar-refractivity contribution >= 4 is 28.6 Å². The molecule has 0 bridgehead atoms. The number of aryl methyl sites for hydroxylation is 1. The van der Waals surface area contributed by atoms with Crippen molar-refractivity contribution in [2.45, 2.75) is 26.8 Å². The predicted molar refractivity (Wildman–Crippen MR) is 118 cm³/mol. The van der Waals surface area contributed by atoms with Crippen molar-refractivity contribution in [3.05, 3.63) is 67.8 Å². The van der Waals surface area contributed by atoms with Gasteiger partial charge in [-0.25, -0.2) is 0 Å². The van der Waals surface area contributed by atoms with Crippen LogP contribution in [0.1, 0.15) is 31.5 Å². The molecule has 0 aromatic carbocycles. The number of rotatable bonds is 6. The van der Waals surface area contributed by atoms with E-state index in [4.69, 9.17) is 0 Å². The summed E-state index contributed by atoms with van der Waals surface area (Å²) < 4.78 is 2.26. The zero-order valence-electron chi connectivity index (χ0n) is 16.6. The minimum Gasteiger partial charge on any atom is -0.343 e. The van der Waals surface area contributed by atoms with Gasteiger partial charge in [-0.3, -0.25) is 9.69 Å². The van der Waals surface area contributed by atoms with Crippen molar-refractivity contribution in [1.82, 2.24) is 14.4 Å². The van der Waals surface area contributed by atoms with Crippen LogP contribution in [0.15, 0.2) is 41.1 Å². The predicted octanol–water partition coefficient (Wildman–Crippen LogP) is 4.28. The quantitative estimate of drug-likeness (QED) is 0.604. The first kappa shape index (κ1) is 19.4. The lowest BCUT2D eigenvalue weighted by Crippen LogP contribution is -2.49. The molecule has 0 unspecified atom stereocenters. The van der Waals surface area contributed by atoms with Crippen LogP contribution in [0, 0.1) is 13.8 Å². The summed E-state index contributed by atoms with van der Waals surface area (Å²) in [6, 6.07) is 10.6. The van der Waals surface area contributed by atoms with E-state index in [-0.39, 0.29) is 5.91 Å². The van der Waals surface area contributed by atoms with Crippen LogP contribution in [0.4, 0.5) is 0 Å². The van der Waals surface area contributed by atoms with Crippen molar-refractivity contribution in [2.24, 2.45) is 0 Å². The van der Waals surface area contributed by atoms with Crippen LogP contribution in [0.2, 0.25) is 0 Å². The third kappa shape index (κ3) is 4.24.